The second-order valence-corrected chi connectivity index (χ2v) is 0.943. The molecular weight excluding hydrogens is 116 g/mol. The zero-order chi connectivity index (χ0) is 6.95. The minimum absolute atomic E-state index is 1.28. The Bertz CT molecular complexity index is 139. The summed E-state index contributed by atoms with van der Waals surface area (Å²) in [5, 5.41) is 13.4. The van der Waals surface area contributed by atoms with Crippen LogP contribution >= 0.6 is 0 Å². The average Bonchev–Trinajstić information content (AvgIpc) is 1.93. The van der Waals surface area contributed by atoms with Gasteiger partial charge in [0.15, 0.2) is 12.7 Å². The molecule has 1 heterocycles. The standard InChI is InChI=1S/C3H4.C2H2N4/c1-3-2;1-3-5-2-6-4-1/h1-2H2;1-2H. The molecule has 0 amide bonds. The van der Waals surface area contributed by atoms with Gasteiger partial charge in [0.1, 0.15) is 0 Å². The van der Waals surface area contributed by atoms with Gasteiger partial charge in [-0.1, -0.05) is 13.2 Å². The van der Waals surface area contributed by atoms with Crippen LogP contribution in [-0.2, 0) is 0 Å². The van der Waals surface area contributed by atoms with Crippen LogP contribution in [0.2, 0.25) is 0 Å². The van der Waals surface area contributed by atoms with Crippen molar-refractivity contribution in [2.45, 2.75) is 0 Å². The molecule has 0 atom stereocenters. The summed E-state index contributed by atoms with van der Waals surface area (Å²) in [6.45, 7) is 6.25. The molecular formula is C5H6N4. The maximum Gasteiger partial charge on any atom is 0.160 e. The van der Waals surface area contributed by atoms with Crippen molar-refractivity contribution in [2.75, 3.05) is 0 Å². The first-order valence-corrected chi connectivity index (χ1v) is 2.14. The van der Waals surface area contributed by atoms with E-state index in [1.54, 1.807) is 0 Å². The van der Waals surface area contributed by atoms with Gasteiger partial charge in [-0.2, -0.15) is 0 Å². The molecule has 1 aromatic heterocycles. The fourth-order valence-corrected chi connectivity index (χ4v) is 0.165. The Hall–Kier alpha value is -1.54. The number of nitrogens with zero attached hydrogens (tertiary/aromatic N) is 4. The molecule has 4 nitrogen and oxygen atoms in total. The van der Waals surface area contributed by atoms with E-state index in [9.17, 15) is 0 Å². The molecule has 4 heteroatoms. The highest BCUT2D eigenvalue weighted by atomic mass is 15.2. The lowest BCUT2D eigenvalue weighted by Crippen LogP contribution is -1.81. The molecule has 0 fully saturated rings. The fraction of sp³-hybridized carbons (Fsp3) is 0. The third-order valence-electron chi connectivity index (χ3n) is 0.340. The Morgan fingerprint density at radius 3 is 1.22 bits per heavy atom. The van der Waals surface area contributed by atoms with Crippen LogP contribution in [0.5, 0.6) is 0 Å². The third-order valence-corrected chi connectivity index (χ3v) is 0.340. The molecule has 0 saturated carbocycles. The Balaban J connectivity index is 0.000000187. The first kappa shape index (κ1) is 7.46. The van der Waals surface area contributed by atoms with E-state index < -0.39 is 0 Å². The minimum Gasteiger partial charge on any atom is -0.137 e. The van der Waals surface area contributed by atoms with Crippen LogP contribution in [0.15, 0.2) is 31.5 Å². The summed E-state index contributed by atoms with van der Waals surface area (Å²) >= 11 is 0. The van der Waals surface area contributed by atoms with E-state index in [4.69, 9.17) is 0 Å². The largest absolute Gasteiger partial charge is 0.160 e. The van der Waals surface area contributed by atoms with Gasteiger partial charge < -0.3 is 0 Å². The SMILES string of the molecule is C=C=C.c1nncnn1. The highest BCUT2D eigenvalue weighted by Gasteiger charge is 1.61. The zero-order valence-corrected chi connectivity index (χ0v) is 4.86. The number of aromatic nitrogens is 4. The molecule has 46 valence electrons. The van der Waals surface area contributed by atoms with E-state index in [1.165, 1.54) is 12.7 Å². The molecule has 0 N–H and O–H groups in total. The van der Waals surface area contributed by atoms with Crippen LogP contribution in [-0.4, -0.2) is 20.4 Å². The number of hydrogen-bond donors (Lipinski definition) is 0. The van der Waals surface area contributed by atoms with Crippen LogP contribution < -0.4 is 0 Å². The van der Waals surface area contributed by atoms with E-state index >= 15 is 0 Å². The van der Waals surface area contributed by atoms with Gasteiger partial charge >= 0.3 is 0 Å². The van der Waals surface area contributed by atoms with Crippen LogP contribution in [0.3, 0.4) is 0 Å². The summed E-state index contributed by atoms with van der Waals surface area (Å²) in [4.78, 5) is 0. The lowest BCUT2D eigenvalue weighted by atomic mass is 11.0. The molecule has 0 aliphatic heterocycles. The highest BCUT2D eigenvalue weighted by molar-refractivity contribution is 4.51. The molecule has 0 spiro atoms. The summed E-state index contributed by atoms with van der Waals surface area (Å²) in [5.41, 5.74) is 2.25. The molecule has 1 rings (SSSR count). The van der Waals surface area contributed by atoms with Crippen LogP contribution in [0.25, 0.3) is 0 Å². The molecule has 9 heavy (non-hydrogen) atoms. The quantitative estimate of drug-likeness (QED) is 0.462. The average molecular weight is 122 g/mol. The first-order chi connectivity index (χ1) is 4.41. The molecule has 0 aromatic carbocycles. The van der Waals surface area contributed by atoms with Gasteiger partial charge in [0.25, 0.3) is 0 Å². The van der Waals surface area contributed by atoms with Crippen molar-refractivity contribution in [3.05, 3.63) is 31.5 Å². The number of hydrogen-bond acceptors (Lipinski definition) is 4. The minimum atomic E-state index is 1.28. The zero-order valence-electron chi connectivity index (χ0n) is 4.86. The predicted octanol–water partition coefficient (Wildman–Crippen LogP) is 0.224. The van der Waals surface area contributed by atoms with Gasteiger partial charge in [0, 0.05) is 0 Å². The second kappa shape index (κ2) is 6.46. The van der Waals surface area contributed by atoms with Crippen molar-refractivity contribution in [2.24, 2.45) is 0 Å². The van der Waals surface area contributed by atoms with E-state index in [2.05, 4.69) is 39.3 Å². The van der Waals surface area contributed by atoms with E-state index in [-0.39, 0.29) is 0 Å². The van der Waals surface area contributed by atoms with Crippen molar-refractivity contribution in [1.82, 2.24) is 20.4 Å². The van der Waals surface area contributed by atoms with Gasteiger partial charge in [0.05, 0.1) is 0 Å². The predicted molar refractivity (Wildman–Crippen MR) is 32.4 cm³/mol. The van der Waals surface area contributed by atoms with Gasteiger partial charge in [-0.25, -0.2) is 0 Å². The van der Waals surface area contributed by atoms with Gasteiger partial charge in [-0.05, 0) is 0 Å². The molecule has 0 aliphatic carbocycles. The summed E-state index contributed by atoms with van der Waals surface area (Å²) in [5.74, 6) is 0. The van der Waals surface area contributed by atoms with Gasteiger partial charge in [0.2, 0.25) is 0 Å². The molecule has 0 bridgehead atoms. The smallest absolute Gasteiger partial charge is 0.137 e. The molecule has 0 saturated heterocycles. The maximum atomic E-state index is 3.36. The summed E-state index contributed by atoms with van der Waals surface area (Å²) < 4.78 is 0. The Labute approximate surface area is 53.0 Å². The molecule has 0 radical (unpaired) electrons. The van der Waals surface area contributed by atoms with Gasteiger partial charge in [-0.3, -0.25) is 0 Å². The molecule has 0 unspecified atom stereocenters. The maximum absolute atomic E-state index is 3.36. The molecule has 1 aromatic rings. The van der Waals surface area contributed by atoms with Crippen molar-refractivity contribution in [3.63, 3.8) is 0 Å². The fourth-order valence-electron chi connectivity index (χ4n) is 0.165. The van der Waals surface area contributed by atoms with Crippen LogP contribution in [0, 0.1) is 0 Å². The highest BCUT2D eigenvalue weighted by Crippen LogP contribution is 1.50. The molecule has 0 aliphatic rings. The van der Waals surface area contributed by atoms with Crippen molar-refractivity contribution in [3.8, 4) is 0 Å². The lowest BCUT2D eigenvalue weighted by molar-refractivity contribution is 0.853. The Morgan fingerprint density at radius 2 is 1.11 bits per heavy atom. The van der Waals surface area contributed by atoms with Crippen molar-refractivity contribution in [1.29, 1.82) is 0 Å². The Kier molecular flexibility index (Phi) is 5.35. The lowest BCUT2D eigenvalue weighted by Gasteiger charge is -1.68. The second-order valence-electron chi connectivity index (χ2n) is 0.943. The van der Waals surface area contributed by atoms with E-state index in [0.29, 0.717) is 0 Å². The topological polar surface area (TPSA) is 51.6 Å². The van der Waals surface area contributed by atoms with Crippen LogP contribution in [0.4, 0.5) is 0 Å². The first-order valence-electron chi connectivity index (χ1n) is 2.14. The summed E-state index contributed by atoms with van der Waals surface area (Å²) in [7, 11) is 0. The van der Waals surface area contributed by atoms with Crippen LogP contribution in [0.1, 0.15) is 0 Å². The number of rotatable bonds is 0. The monoisotopic (exact) mass is 122 g/mol. The third kappa shape index (κ3) is 6.46. The van der Waals surface area contributed by atoms with Crippen molar-refractivity contribution < 1.29 is 0 Å². The summed E-state index contributed by atoms with van der Waals surface area (Å²) in [6.07, 6.45) is 2.56. The van der Waals surface area contributed by atoms with Gasteiger partial charge in [-0.15, -0.1) is 26.1 Å². The van der Waals surface area contributed by atoms with Crippen molar-refractivity contribution >= 4 is 0 Å². The van der Waals surface area contributed by atoms with E-state index in [0.717, 1.165) is 0 Å². The normalized spacial score (nSPS) is 6.22. The van der Waals surface area contributed by atoms with E-state index in [1.807, 2.05) is 0 Å². The summed E-state index contributed by atoms with van der Waals surface area (Å²) in [6, 6.07) is 0. The Morgan fingerprint density at radius 1 is 0.889 bits per heavy atom.